The lowest BCUT2D eigenvalue weighted by molar-refractivity contribution is -0.142. The van der Waals surface area contributed by atoms with Gasteiger partial charge in [0.2, 0.25) is 5.91 Å². The summed E-state index contributed by atoms with van der Waals surface area (Å²) >= 11 is 0. The predicted octanol–water partition coefficient (Wildman–Crippen LogP) is 5.34. The number of allylic oxidation sites excluding steroid dienone is 9. The van der Waals surface area contributed by atoms with Crippen LogP contribution >= 0.6 is 0 Å². The highest BCUT2D eigenvalue weighted by Crippen LogP contribution is 2.08. The summed E-state index contributed by atoms with van der Waals surface area (Å²) in [6.45, 7) is 2.23. The summed E-state index contributed by atoms with van der Waals surface area (Å²) in [6, 6.07) is -1.22. The van der Waals surface area contributed by atoms with Crippen LogP contribution in [0.2, 0.25) is 0 Å². The number of rotatable bonds is 18. The summed E-state index contributed by atoms with van der Waals surface area (Å²) in [4.78, 5) is 33.2. The van der Waals surface area contributed by atoms with Crippen molar-refractivity contribution in [2.45, 2.75) is 77.2 Å². The third-order valence-electron chi connectivity index (χ3n) is 4.40. The van der Waals surface area contributed by atoms with Gasteiger partial charge in [0, 0.05) is 12.5 Å². The van der Waals surface area contributed by atoms with Crippen molar-refractivity contribution in [3.63, 3.8) is 0 Å². The zero-order valence-corrected chi connectivity index (χ0v) is 18.5. The molecule has 0 saturated heterocycles. The molecular formula is C25H37NO5. The second-order valence-electron chi connectivity index (χ2n) is 7.18. The minimum absolute atomic E-state index is 0.164. The van der Waals surface area contributed by atoms with Crippen LogP contribution in [0.4, 0.5) is 0 Å². The molecule has 0 aromatic carbocycles. The Morgan fingerprint density at radius 2 is 1.32 bits per heavy atom. The minimum atomic E-state index is -1.26. The van der Waals surface area contributed by atoms with Crippen molar-refractivity contribution < 1.29 is 24.6 Å². The summed E-state index contributed by atoms with van der Waals surface area (Å²) in [7, 11) is 0. The molecule has 31 heavy (non-hydrogen) atoms. The molecule has 0 saturated carbocycles. The van der Waals surface area contributed by atoms with Crippen molar-refractivity contribution in [1.29, 1.82) is 0 Å². The van der Waals surface area contributed by atoms with E-state index >= 15 is 0 Å². The van der Waals surface area contributed by atoms with Crippen LogP contribution in [0.25, 0.3) is 0 Å². The van der Waals surface area contributed by atoms with E-state index in [0.717, 1.165) is 6.42 Å². The van der Waals surface area contributed by atoms with Gasteiger partial charge in [0.1, 0.15) is 6.04 Å². The molecule has 0 aliphatic heterocycles. The highest BCUT2D eigenvalue weighted by atomic mass is 16.4. The second kappa shape index (κ2) is 20.4. The third kappa shape index (κ3) is 20.2. The van der Waals surface area contributed by atoms with Gasteiger partial charge in [-0.3, -0.25) is 9.59 Å². The van der Waals surface area contributed by atoms with Gasteiger partial charge in [-0.05, 0) is 19.3 Å². The number of nitrogens with one attached hydrogen (secondary N) is 1. The van der Waals surface area contributed by atoms with Gasteiger partial charge in [-0.1, -0.05) is 100 Å². The number of carboxylic acids is 2. The van der Waals surface area contributed by atoms with E-state index in [2.05, 4.69) is 18.3 Å². The molecule has 3 N–H and O–H groups in total. The fraction of sp³-hybridized carbons (Fsp3) is 0.480. The van der Waals surface area contributed by atoms with E-state index in [1.807, 2.05) is 30.4 Å². The van der Waals surface area contributed by atoms with E-state index in [0.29, 0.717) is 0 Å². The number of carbonyl (C=O) groups is 3. The lowest BCUT2D eigenvalue weighted by atomic mass is 10.1. The molecular weight excluding hydrogens is 394 g/mol. The molecule has 172 valence electrons. The SMILES string of the molecule is CCCCCCCCCC=CC=CC=CC=CC=CC(=O)N[C@H](CCC(=O)O)C(=O)O. The molecule has 0 radical (unpaired) electrons. The molecule has 0 aromatic rings. The van der Waals surface area contributed by atoms with Gasteiger partial charge in [0.25, 0.3) is 0 Å². The first-order valence-electron chi connectivity index (χ1n) is 11.1. The molecule has 0 heterocycles. The van der Waals surface area contributed by atoms with Gasteiger partial charge in [-0.25, -0.2) is 4.79 Å². The quantitative estimate of drug-likeness (QED) is 0.154. The zero-order chi connectivity index (χ0) is 23.2. The highest BCUT2D eigenvalue weighted by Gasteiger charge is 2.19. The van der Waals surface area contributed by atoms with E-state index in [9.17, 15) is 14.4 Å². The van der Waals surface area contributed by atoms with Crippen molar-refractivity contribution in [3.05, 3.63) is 60.8 Å². The summed E-state index contributed by atoms with van der Waals surface area (Å²) in [5.74, 6) is -2.95. The maximum Gasteiger partial charge on any atom is 0.326 e. The molecule has 0 spiro atoms. The molecule has 6 nitrogen and oxygen atoms in total. The van der Waals surface area contributed by atoms with Crippen LogP contribution < -0.4 is 5.32 Å². The standard InChI is InChI=1S/C25H37NO5/c1-2-3-4-5-6-7-8-9-10-11-12-13-14-15-16-17-18-19-23(27)26-22(25(30)31)20-21-24(28)29/h10-19,22H,2-9,20-21H2,1H3,(H,26,27)(H,28,29)(H,30,31)/t22-/m1/s1. The maximum absolute atomic E-state index is 11.7. The van der Waals surface area contributed by atoms with Crippen LogP contribution in [0.15, 0.2) is 60.8 Å². The number of hydrogen-bond acceptors (Lipinski definition) is 3. The average Bonchev–Trinajstić information content (AvgIpc) is 2.73. The normalized spacial score (nSPS) is 13.2. The lowest BCUT2D eigenvalue weighted by Gasteiger charge is -2.11. The van der Waals surface area contributed by atoms with Gasteiger partial charge in [-0.15, -0.1) is 0 Å². The van der Waals surface area contributed by atoms with Crippen molar-refractivity contribution in [2.75, 3.05) is 0 Å². The van der Waals surface area contributed by atoms with E-state index in [4.69, 9.17) is 10.2 Å². The van der Waals surface area contributed by atoms with Gasteiger partial charge in [0.15, 0.2) is 0 Å². The number of amides is 1. The predicted molar refractivity (Wildman–Crippen MR) is 125 cm³/mol. The van der Waals surface area contributed by atoms with Crippen molar-refractivity contribution in [3.8, 4) is 0 Å². The van der Waals surface area contributed by atoms with Gasteiger partial charge >= 0.3 is 11.9 Å². The summed E-state index contributed by atoms with van der Waals surface area (Å²) < 4.78 is 0. The molecule has 0 unspecified atom stereocenters. The summed E-state index contributed by atoms with van der Waals surface area (Å²) in [5, 5.41) is 19.9. The molecule has 0 fully saturated rings. The molecule has 0 aliphatic carbocycles. The Labute approximate surface area is 186 Å². The Balaban J connectivity index is 3.97. The first-order valence-corrected chi connectivity index (χ1v) is 11.1. The summed E-state index contributed by atoms with van der Waals surface area (Å²) in [5.41, 5.74) is 0. The van der Waals surface area contributed by atoms with Crippen molar-refractivity contribution in [1.82, 2.24) is 5.32 Å². The Kier molecular flexibility index (Phi) is 18.5. The Bertz CT molecular complexity index is 659. The van der Waals surface area contributed by atoms with E-state index < -0.39 is 23.9 Å². The van der Waals surface area contributed by atoms with E-state index in [1.54, 1.807) is 12.2 Å². The second-order valence-corrected chi connectivity index (χ2v) is 7.18. The average molecular weight is 432 g/mol. The fourth-order valence-corrected chi connectivity index (χ4v) is 2.67. The smallest absolute Gasteiger partial charge is 0.326 e. The van der Waals surface area contributed by atoms with Crippen LogP contribution in [0, 0.1) is 0 Å². The van der Waals surface area contributed by atoms with E-state index in [-0.39, 0.29) is 12.8 Å². The first-order chi connectivity index (χ1) is 15.0. The third-order valence-corrected chi connectivity index (χ3v) is 4.40. The maximum atomic E-state index is 11.7. The number of hydrogen-bond donors (Lipinski definition) is 3. The molecule has 6 heteroatoms. The topological polar surface area (TPSA) is 104 Å². The van der Waals surface area contributed by atoms with Crippen LogP contribution in [-0.4, -0.2) is 34.1 Å². The number of unbranched alkanes of at least 4 members (excludes halogenated alkanes) is 7. The van der Waals surface area contributed by atoms with Crippen LogP contribution in [0.3, 0.4) is 0 Å². The first kappa shape index (κ1) is 28.1. The Hall–Kier alpha value is -2.89. The van der Waals surface area contributed by atoms with Crippen LogP contribution in [0.5, 0.6) is 0 Å². The lowest BCUT2D eigenvalue weighted by Crippen LogP contribution is -2.40. The van der Waals surface area contributed by atoms with Gasteiger partial charge in [0.05, 0.1) is 0 Å². The van der Waals surface area contributed by atoms with Crippen molar-refractivity contribution >= 4 is 17.8 Å². The van der Waals surface area contributed by atoms with E-state index in [1.165, 1.54) is 57.1 Å². The summed E-state index contributed by atoms with van der Waals surface area (Å²) in [6.07, 6.45) is 27.7. The van der Waals surface area contributed by atoms with Crippen molar-refractivity contribution in [2.24, 2.45) is 0 Å². The molecule has 0 aromatic heterocycles. The largest absolute Gasteiger partial charge is 0.481 e. The zero-order valence-electron chi connectivity index (χ0n) is 18.5. The number of carboxylic acid groups (broad SMARTS) is 2. The Morgan fingerprint density at radius 1 is 0.774 bits per heavy atom. The molecule has 0 bridgehead atoms. The minimum Gasteiger partial charge on any atom is -0.481 e. The molecule has 1 amide bonds. The number of aliphatic carboxylic acids is 2. The van der Waals surface area contributed by atoms with Gasteiger partial charge < -0.3 is 15.5 Å². The molecule has 0 rings (SSSR count). The molecule has 0 aliphatic rings. The fourth-order valence-electron chi connectivity index (χ4n) is 2.67. The number of carbonyl (C=O) groups excluding carboxylic acids is 1. The Morgan fingerprint density at radius 3 is 1.90 bits per heavy atom. The monoisotopic (exact) mass is 431 g/mol. The van der Waals surface area contributed by atoms with Gasteiger partial charge in [-0.2, -0.15) is 0 Å². The van der Waals surface area contributed by atoms with Crippen LogP contribution in [0.1, 0.15) is 71.1 Å². The molecule has 1 atom stereocenters. The van der Waals surface area contributed by atoms with Crippen LogP contribution in [-0.2, 0) is 14.4 Å². The highest BCUT2D eigenvalue weighted by molar-refractivity contribution is 5.91.